The number of nitrogens with zero attached hydrogens (tertiary/aromatic N) is 1. The number of aromatic nitrogens is 1. The maximum atomic E-state index is 15.6. The summed E-state index contributed by atoms with van der Waals surface area (Å²) in [6.07, 6.45) is 3.40. The van der Waals surface area contributed by atoms with Crippen molar-refractivity contribution in [1.29, 1.82) is 0 Å². The van der Waals surface area contributed by atoms with Gasteiger partial charge >= 0.3 is 0 Å². The van der Waals surface area contributed by atoms with E-state index in [0.29, 0.717) is 72.8 Å². The fraction of sp³-hybridized carbons (Fsp3) is 0.452. The molecule has 0 unspecified atom stereocenters. The van der Waals surface area contributed by atoms with Gasteiger partial charge in [0, 0.05) is 41.6 Å². The molecule has 5 rings (SSSR count). The van der Waals surface area contributed by atoms with Gasteiger partial charge in [-0.3, -0.25) is 19.0 Å². The monoisotopic (exact) mass is 566 g/mol. The number of carbonyl (C=O) groups is 3. The van der Waals surface area contributed by atoms with Gasteiger partial charge in [0.15, 0.2) is 0 Å². The van der Waals surface area contributed by atoms with Crippen LogP contribution in [0.3, 0.4) is 0 Å². The minimum absolute atomic E-state index is 0.0330. The van der Waals surface area contributed by atoms with Crippen LogP contribution in [0.1, 0.15) is 66.8 Å². The average molecular weight is 567 g/mol. The molecule has 1 amide bonds. The molecular weight excluding hydrogens is 530 g/mol. The van der Waals surface area contributed by atoms with E-state index in [1.807, 2.05) is 13.8 Å². The number of aliphatic hydroxyl groups excluding tert-OH is 1. The number of rotatable bonds is 9. The van der Waals surface area contributed by atoms with Crippen LogP contribution in [0.5, 0.6) is 0 Å². The lowest BCUT2D eigenvalue weighted by Crippen LogP contribution is -2.35. The molecule has 41 heavy (non-hydrogen) atoms. The van der Waals surface area contributed by atoms with Crippen molar-refractivity contribution in [3.63, 3.8) is 0 Å². The first-order valence-electron chi connectivity index (χ1n) is 14.1. The first-order valence-corrected chi connectivity index (χ1v) is 14.1. The molecule has 10 heteroatoms. The Morgan fingerprint density at radius 1 is 1.10 bits per heavy atom. The predicted molar refractivity (Wildman–Crippen MR) is 153 cm³/mol. The third-order valence-corrected chi connectivity index (χ3v) is 8.31. The maximum Gasteiger partial charge on any atom is 0.253 e. The smallest absolute Gasteiger partial charge is 0.253 e. The number of carbonyl (C=O) groups excluding carboxylic acids is 3. The molecule has 1 aliphatic carbocycles. The Labute approximate surface area is 237 Å². The minimum atomic E-state index is -0.905. The lowest BCUT2D eigenvalue weighted by molar-refractivity contribution is -0.122. The van der Waals surface area contributed by atoms with E-state index < -0.39 is 17.5 Å². The zero-order valence-corrected chi connectivity index (χ0v) is 23.4. The van der Waals surface area contributed by atoms with Crippen molar-refractivity contribution in [2.45, 2.75) is 58.4 Å². The Hall–Kier alpha value is -3.63. The van der Waals surface area contributed by atoms with Gasteiger partial charge in [-0.25, -0.2) is 8.78 Å². The highest BCUT2D eigenvalue weighted by atomic mass is 19.1. The van der Waals surface area contributed by atoms with Crippen molar-refractivity contribution in [2.75, 3.05) is 25.0 Å². The first-order chi connectivity index (χ1) is 19.5. The zero-order valence-electron chi connectivity index (χ0n) is 23.4. The van der Waals surface area contributed by atoms with Gasteiger partial charge in [-0.05, 0) is 73.4 Å². The van der Waals surface area contributed by atoms with E-state index in [2.05, 4.69) is 10.6 Å². The van der Waals surface area contributed by atoms with E-state index in [9.17, 15) is 18.8 Å². The molecule has 0 atom stereocenters. The molecule has 2 aliphatic rings. The highest BCUT2D eigenvalue weighted by Crippen LogP contribution is 2.44. The Balaban J connectivity index is 1.50. The third kappa shape index (κ3) is 5.76. The summed E-state index contributed by atoms with van der Waals surface area (Å²) in [7, 11) is 0. The molecular formula is C31H36F2N4O4. The van der Waals surface area contributed by atoms with E-state index in [1.165, 1.54) is 18.2 Å². The number of aliphatic hydroxyl groups is 1. The topological polar surface area (TPSA) is 126 Å². The van der Waals surface area contributed by atoms with Gasteiger partial charge in [-0.2, -0.15) is 0 Å². The summed E-state index contributed by atoms with van der Waals surface area (Å²) in [6, 6.07) is 7.08. The number of nitrogens with one attached hydrogen (secondary N) is 2. The maximum absolute atomic E-state index is 15.6. The number of halogens is 2. The normalized spacial score (nSPS) is 20.2. The minimum Gasteiger partial charge on any atom is -0.395 e. The number of fused-ring (bicyclic) bond motifs is 3. The van der Waals surface area contributed by atoms with E-state index in [4.69, 9.17) is 10.8 Å². The fourth-order valence-electron chi connectivity index (χ4n) is 6.42. The van der Waals surface area contributed by atoms with Gasteiger partial charge in [0.05, 0.1) is 29.9 Å². The Bertz CT molecular complexity index is 1520. The van der Waals surface area contributed by atoms with Crippen molar-refractivity contribution < 1.29 is 28.3 Å². The van der Waals surface area contributed by atoms with Crippen LogP contribution in [0, 0.1) is 23.0 Å². The summed E-state index contributed by atoms with van der Waals surface area (Å²) in [4.78, 5) is 38.0. The van der Waals surface area contributed by atoms with Crippen LogP contribution in [0.15, 0.2) is 30.3 Å². The molecule has 5 N–H and O–H groups in total. The molecule has 8 nitrogen and oxygen atoms in total. The van der Waals surface area contributed by atoms with Gasteiger partial charge in [0.1, 0.15) is 17.4 Å². The number of nitrogens with two attached hydrogens (primary N) is 1. The van der Waals surface area contributed by atoms with Crippen LogP contribution in [0.25, 0.3) is 22.0 Å². The summed E-state index contributed by atoms with van der Waals surface area (Å²) >= 11 is 0. The number of anilines is 1. The van der Waals surface area contributed by atoms with Crippen molar-refractivity contribution in [3.05, 3.63) is 53.2 Å². The van der Waals surface area contributed by atoms with Crippen LogP contribution in [-0.2, 0) is 11.2 Å². The molecule has 1 aliphatic heterocycles. The van der Waals surface area contributed by atoms with Crippen LogP contribution >= 0.6 is 0 Å². The lowest BCUT2D eigenvalue weighted by atomic mass is 9.80. The van der Waals surface area contributed by atoms with Gasteiger partial charge < -0.3 is 21.5 Å². The molecule has 1 fully saturated rings. The molecule has 0 spiro atoms. The second-order valence-corrected chi connectivity index (χ2v) is 12.0. The van der Waals surface area contributed by atoms with E-state index in [1.54, 1.807) is 16.7 Å². The number of primary amides is 1. The SMILES string of the molecule is CC1(C)CC(=O)n2c(c(-c3cc(F)c(C(N)=O)c(NC4CCC(C(=O)CNCCO)CC4)c3)c3ccc(F)cc32)C1. The van der Waals surface area contributed by atoms with E-state index in [0.717, 1.165) is 0 Å². The average Bonchev–Trinajstić information content (AvgIpc) is 3.20. The van der Waals surface area contributed by atoms with Crippen LogP contribution in [0.4, 0.5) is 14.5 Å². The van der Waals surface area contributed by atoms with Crippen LogP contribution < -0.4 is 16.4 Å². The van der Waals surface area contributed by atoms with Gasteiger partial charge in [-0.1, -0.05) is 13.8 Å². The van der Waals surface area contributed by atoms with Gasteiger partial charge in [0.2, 0.25) is 5.91 Å². The second-order valence-electron chi connectivity index (χ2n) is 12.0. The van der Waals surface area contributed by atoms with Crippen molar-refractivity contribution in [2.24, 2.45) is 17.1 Å². The van der Waals surface area contributed by atoms with Crippen LogP contribution in [0.2, 0.25) is 0 Å². The summed E-state index contributed by atoms with van der Waals surface area (Å²) < 4.78 is 31.4. The first kappa shape index (κ1) is 28.9. The molecule has 0 radical (unpaired) electrons. The van der Waals surface area contributed by atoms with E-state index in [-0.39, 0.29) is 53.5 Å². The molecule has 0 bridgehead atoms. The summed E-state index contributed by atoms with van der Waals surface area (Å²) in [6.45, 7) is 4.52. The fourth-order valence-corrected chi connectivity index (χ4v) is 6.42. The standard InChI is InChI=1S/C31H36F2N4O4/c1-31(2)14-25-28(21-8-5-19(32)13-24(21)37(25)27(40)15-31)18-11-22(33)29(30(34)41)23(12-18)36-20-6-3-17(4-7-20)26(39)16-35-9-10-38/h5,8,11-13,17,20,35-36,38H,3-4,6-7,9-10,14-16H2,1-2H3,(H2,34,41). The Morgan fingerprint density at radius 2 is 1.83 bits per heavy atom. The summed E-state index contributed by atoms with van der Waals surface area (Å²) in [5, 5.41) is 15.8. The number of ketones is 1. The number of benzene rings is 2. The molecule has 2 heterocycles. The summed E-state index contributed by atoms with van der Waals surface area (Å²) in [5.74, 6) is -2.31. The Morgan fingerprint density at radius 3 is 2.51 bits per heavy atom. The molecule has 3 aromatic rings. The zero-order chi connectivity index (χ0) is 29.5. The predicted octanol–water partition coefficient (Wildman–Crippen LogP) is 4.42. The number of amides is 1. The third-order valence-electron chi connectivity index (χ3n) is 8.31. The van der Waals surface area contributed by atoms with Crippen molar-refractivity contribution in [1.82, 2.24) is 9.88 Å². The quantitative estimate of drug-likeness (QED) is 0.284. The largest absolute Gasteiger partial charge is 0.395 e. The molecule has 0 saturated heterocycles. The molecule has 2 aromatic carbocycles. The number of hydrogen-bond acceptors (Lipinski definition) is 6. The molecule has 218 valence electrons. The van der Waals surface area contributed by atoms with Gasteiger partial charge in [-0.15, -0.1) is 0 Å². The summed E-state index contributed by atoms with van der Waals surface area (Å²) in [5.41, 5.74) is 7.46. The van der Waals surface area contributed by atoms with E-state index >= 15 is 4.39 Å². The van der Waals surface area contributed by atoms with Crippen molar-refractivity contribution in [3.8, 4) is 11.1 Å². The molecule has 1 aromatic heterocycles. The van der Waals surface area contributed by atoms with Crippen molar-refractivity contribution >= 4 is 34.2 Å². The Kier molecular flexibility index (Phi) is 7.98. The number of hydrogen-bond donors (Lipinski definition) is 4. The van der Waals surface area contributed by atoms with Gasteiger partial charge in [0.25, 0.3) is 5.91 Å². The highest BCUT2D eigenvalue weighted by molar-refractivity contribution is 6.06. The molecule has 1 saturated carbocycles. The number of Topliss-reactive ketones (excluding diaryl/α,β-unsaturated/α-hetero) is 1. The van der Waals surface area contributed by atoms with Crippen LogP contribution in [-0.4, -0.2) is 53.0 Å². The lowest BCUT2D eigenvalue weighted by Gasteiger charge is -2.31. The highest BCUT2D eigenvalue weighted by Gasteiger charge is 2.36. The second kappa shape index (κ2) is 11.3.